The quantitative estimate of drug-likeness (QED) is 0.656. The van der Waals surface area contributed by atoms with Crippen molar-refractivity contribution in [2.24, 2.45) is 0 Å². The number of carbonyl (C=O) groups excluding carboxylic acids is 1. The Bertz CT molecular complexity index is 496. The number of amides is 2. The van der Waals surface area contributed by atoms with Crippen molar-refractivity contribution in [3.63, 3.8) is 0 Å². The number of carboxylic acid groups (broad SMARTS) is 1. The third-order valence-electron chi connectivity index (χ3n) is 2.69. The summed E-state index contributed by atoms with van der Waals surface area (Å²) >= 11 is 3.35. The van der Waals surface area contributed by atoms with Gasteiger partial charge in [-0.1, -0.05) is 6.07 Å². The van der Waals surface area contributed by atoms with Gasteiger partial charge in [-0.05, 0) is 47.0 Å². The molecular weight excluding hydrogens is 328 g/mol. The van der Waals surface area contributed by atoms with Crippen molar-refractivity contribution in [3.05, 3.63) is 27.7 Å². The summed E-state index contributed by atoms with van der Waals surface area (Å²) in [6.07, 6.45) is -0.0448. The van der Waals surface area contributed by atoms with Crippen LogP contribution in [-0.4, -0.2) is 34.9 Å². The molecule has 110 valence electrons. The van der Waals surface area contributed by atoms with E-state index >= 15 is 0 Å². The van der Waals surface area contributed by atoms with Crippen LogP contribution in [0.3, 0.4) is 0 Å². The molecule has 1 aromatic carbocycles. The zero-order chi connectivity index (χ0) is 15.3. The van der Waals surface area contributed by atoms with Gasteiger partial charge in [0, 0.05) is 17.5 Å². The van der Waals surface area contributed by atoms with Gasteiger partial charge in [0.15, 0.2) is 0 Å². The van der Waals surface area contributed by atoms with Crippen LogP contribution < -0.4 is 10.6 Å². The summed E-state index contributed by atoms with van der Waals surface area (Å²) in [5.41, 5.74) is 2.49. The molecule has 0 fully saturated rings. The smallest absolute Gasteiger partial charge is 0.326 e. The fourth-order valence-corrected chi connectivity index (χ4v) is 2.54. The molecule has 0 saturated carbocycles. The third-order valence-corrected chi connectivity index (χ3v) is 3.32. The number of aliphatic hydroxyl groups is 1. The fourth-order valence-electron chi connectivity index (χ4n) is 1.77. The van der Waals surface area contributed by atoms with E-state index in [-0.39, 0.29) is 13.0 Å². The molecule has 20 heavy (non-hydrogen) atoms. The van der Waals surface area contributed by atoms with Gasteiger partial charge in [-0.15, -0.1) is 0 Å². The van der Waals surface area contributed by atoms with E-state index in [1.165, 1.54) is 0 Å². The van der Waals surface area contributed by atoms with Gasteiger partial charge in [-0.25, -0.2) is 9.59 Å². The molecule has 0 saturated heterocycles. The number of benzene rings is 1. The molecule has 0 aromatic heterocycles. The first-order valence-electron chi connectivity index (χ1n) is 6.03. The van der Waals surface area contributed by atoms with Crippen LogP contribution in [0.5, 0.6) is 0 Å². The molecule has 0 heterocycles. The number of aliphatic carboxylic acids is 1. The molecule has 2 amide bonds. The van der Waals surface area contributed by atoms with Crippen LogP contribution >= 0.6 is 15.9 Å². The van der Waals surface area contributed by atoms with Crippen LogP contribution in [0.2, 0.25) is 0 Å². The van der Waals surface area contributed by atoms with Crippen LogP contribution in [0.4, 0.5) is 10.5 Å². The molecule has 1 aromatic rings. The van der Waals surface area contributed by atoms with Crippen molar-refractivity contribution in [2.45, 2.75) is 26.3 Å². The number of halogens is 1. The van der Waals surface area contributed by atoms with Crippen LogP contribution in [-0.2, 0) is 4.79 Å². The van der Waals surface area contributed by atoms with Crippen LogP contribution in [0.25, 0.3) is 0 Å². The van der Waals surface area contributed by atoms with Gasteiger partial charge in [-0.2, -0.15) is 0 Å². The normalized spacial score (nSPS) is 11.8. The number of carboxylic acids is 1. The molecular formula is C13H17BrN2O4. The number of nitrogens with one attached hydrogen (secondary N) is 2. The average Bonchev–Trinajstić information content (AvgIpc) is 2.33. The van der Waals surface area contributed by atoms with Crippen molar-refractivity contribution in [2.75, 3.05) is 11.9 Å². The summed E-state index contributed by atoms with van der Waals surface area (Å²) < 4.78 is 0.721. The molecule has 4 N–H and O–H groups in total. The van der Waals surface area contributed by atoms with Gasteiger partial charge in [0.05, 0.1) is 5.69 Å². The van der Waals surface area contributed by atoms with Crippen LogP contribution in [0.1, 0.15) is 17.5 Å². The second-order valence-electron chi connectivity index (χ2n) is 4.44. The Morgan fingerprint density at radius 2 is 2.00 bits per heavy atom. The highest BCUT2D eigenvalue weighted by Gasteiger charge is 2.19. The lowest BCUT2D eigenvalue weighted by molar-refractivity contribution is -0.139. The third kappa shape index (κ3) is 4.50. The van der Waals surface area contributed by atoms with E-state index in [1.807, 2.05) is 26.0 Å². The number of aryl methyl sites for hydroxylation is 2. The van der Waals surface area contributed by atoms with Crippen LogP contribution in [0.15, 0.2) is 16.6 Å². The van der Waals surface area contributed by atoms with E-state index in [0.29, 0.717) is 5.69 Å². The SMILES string of the molecule is Cc1cc(C)c(NC(=O)N[C@H](CCO)C(=O)O)c(Br)c1. The monoisotopic (exact) mass is 344 g/mol. The number of hydrogen-bond acceptors (Lipinski definition) is 3. The average molecular weight is 345 g/mol. The van der Waals surface area contributed by atoms with E-state index in [9.17, 15) is 9.59 Å². The van der Waals surface area contributed by atoms with Gasteiger partial charge in [-0.3, -0.25) is 0 Å². The Labute approximate surface area is 125 Å². The van der Waals surface area contributed by atoms with Crippen molar-refractivity contribution in [3.8, 4) is 0 Å². The summed E-state index contributed by atoms with van der Waals surface area (Å²) in [5.74, 6) is -1.19. The van der Waals surface area contributed by atoms with Gasteiger partial charge < -0.3 is 20.8 Å². The van der Waals surface area contributed by atoms with E-state index in [0.717, 1.165) is 15.6 Å². The number of hydrogen-bond donors (Lipinski definition) is 4. The summed E-state index contributed by atoms with van der Waals surface area (Å²) in [6.45, 7) is 3.46. The zero-order valence-electron chi connectivity index (χ0n) is 11.2. The number of carbonyl (C=O) groups is 2. The fraction of sp³-hybridized carbons (Fsp3) is 0.385. The van der Waals surface area contributed by atoms with E-state index < -0.39 is 18.0 Å². The maximum atomic E-state index is 11.8. The van der Waals surface area contributed by atoms with Gasteiger partial charge in [0.2, 0.25) is 0 Å². The van der Waals surface area contributed by atoms with Gasteiger partial charge in [0.25, 0.3) is 0 Å². The minimum absolute atomic E-state index is 0.0448. The van der Waals surface area contributed by atoms with E-state index in [1.54, 1.807) is 0 Å². The molecule has 7 heteroatoms. The Morgan fingerprint density at radius 1 is 1.35 bits per heavy atom. The van der Waals surface area contributed by atoms with E-state index in [2.05, 4.69) is 26.6 Å². The van der Waals surface area contributed by atoms with Crippen molar-refractivity contribution < 1.29 is 19.8 Å². The number of aliphatic hydroxyl groups excluding tert-OH is 1. The summed E-state index contributed by atoms with van der Waals surface area (Å²) in [4.78, 5) is 22.7. The van der Waals surface area contributed by atoms with Crippen molar-refractivity contribution in [1.82, 2.24) is 5.32 Å². The number of urea groups is 1. The molecule has 0 aliphatic heterocycles. The molecule has 0 radical (unpaired) electrons. The standard InChI is InChI=1S/C13H17BrN2O4/c1-7-5-8(2)11(9(14)6-7)16-13(20)15-10(3-4-17)12(18)19/h5-6,10,17H,3-4H2,1-2H3,(H,18,19)(H2,15,16,20)/t10-/m1/s1. The maximum Gasteiger partial charge on any atom is 0.326 e. The minimum Gasteiger partial charge on any atom is -0.480 e. The minimum atomic E-state index is -1.19. The largest absolute Gasteiger partial charge is 0.480 e. The number of rotatable bonds is 5. The summed E-state index contributed by atoms with van der Waals surface area (Å²) in [7, 11) is 0. The van der Waals surface area contributed by atoms with Gasteiger partial charge in [0.1, 0.15) is 6.04 Å². The molecule has 0 bridgehead atoms. The lowest BCUT2D eigenvalue weighted by Gasteiger charge is -2.16. The molecule has 6 nitrogen and oxygen atoms in total. The second-order valence-corrected chi connectivity index (χ2v) is 5.29. The molecule has 0 aliphatic carbocycles. The maximum absolute atomic E-state index is 11.8. The highest BCUT2D eigenvalue weighted by molar-refractivity contribution is 9.10. The number of anilines is 1. The Balaban J connectivity index is 2.78. The molecule has 0 unspecified atom stereocenters. The first kappa shape index (κ1) is 16.5. The summed E-state index contributed by atoms with van der Waals surface area (Å²) in [6, 6.07) is 2.01. The van der Waals surface area contributed by atoms with Crippen molar-refractivity contribution >= 4 is 33.6 Å². The van der Waals surface area contributed by atoms with Crippen molar-refractivity contribution in [1.29, 1.82) is 0 Å². The predicted molar refractivity (Wildman–Crippen MR) is 78.9 cm³/mol. The highest BCUT2D eigenvalue weighted by atomic mass is 79.9. The molecule has 0 aliphatic rings. The Hall–Kier alpha value is -1.60. The molecule has 1 rings (SSSR count). The topological polar surface area (TPSA) is 98.7 Å². The first-order chi connectivity index (χ1) is 9.35. The van der Waals surface area contributed by atoms with Gasteiger partial charge >= 0.3 is 12.0 Å². The lowest BCUT2D eigenvalue weighted by Crippen LogP contribution is -2.43. The second kappa shape index (κ2) is 7.25. The summed E-state index contributed by atoms with van der Waals surface area (Å²) in [5, 5.41) is 22.6. The highest BCUT2D eigenvalue weighted by Crippen LogP contribution is 2.27. The lowest BCUT2D eigenvalue weighted by atomic mass is 10.1. The Kier molecular flexibility index (Phi) is 5.97. The first-order valence-corrected chi connectivity index (χ1v) is 6.82. The van der Waals surface area contributed by atoms with Crippen LogP contribution in [0, 0.1) is 13.8 Å². The zero-order valence-corrected chi connectivity index (χ0v) is 12.8. The van der Waals surface area contributed by atoms with E-state index in [4.69, 9.17) is 10.2 Å². The molecule has 0 spiro atoms. The Morgan fingerprint density at radius 3 is 2.50 bits per heavy atom. The predicted octanol–water partition coefficient (Wildman–Crippen LogP) is 2.02. The molecule has 1 atom stereocenters.